The van der Waals surface area contributed by atoms with E-state index >= 15 is 0 Å². The van der Waals surface area contributed by atoms with Crippen LogP contribution in [0.3, 0.4) is 0 Å². The highest BCUT2D eigenvalue weighted by molar-refractivity contribution is 7.99. The number of carbonyl (C=O) groups excluding carboxylic acids is 2. The number of carbonyl (C=O) groups is 2. The Labute approximate surface area is 210 Å². The molecule has 0 radical (unpaired) electrons. The lowest BCUT2D eigenvalue weighted by Gasteiger charge is -2.26. The Morgan fingerprint density at radius 1 is 1.06 bits per heavy atom. The Kier molecular flexibility index (Phi) is 7.75. The summed E-state index contributed by atoms with van der Waals surface area (Å²) in [4.78, 5) is 43.8. The molecule has 1 aliphatic rings. The maximum atomic E-state index is 13.6. The maximum Gasteiger partial charge on any atom is 0.262 e. The molecule has 0 aliphatic heterocycles. The third kappa shape index (κ3) is 6.01. The van der Waals surface area contributed by atoms with Gasteiger partial charge in [0.2, 0.25) is 0 Å². The fraction of sp³-hybridized carbons (Fsp3) is 0.429. The summed E-state index contributed by atoms with van der Waals surface area (Å²) in [5.41, 5.74) is 1.41. The quantitative estimate of drug-likeness (QED) is 0.347. The lowest BCUT2D eigenvalue weighted by Crippen LogP contribution is -2.30. The molecule has 4 rings (SSSR count). The summed E-state index contributed by atoms with van der Waals surface area (Å²) in [6, 6.07) is 14.9. The van der Waals surface area contributed by atoms with Gasteiger partial charge in [-0.05, 0) is 36.6 Å². The topological polar surface area (TPSA) is 81.1 Å². The van der Waals surface area contributed by atoms with Gasteiger partial charge in [-0.25, -0.2) is 4.98 Å². The lowest BCUT2D eigenvalue weighted by atomic mass is 9.92. The molecule has 1 N–H and O–H groups in total. The van der Waals surface area contributed by atoms with E-state index < -0.39 is 5.41 Å². The Balaban J connectivity index is 1.66. The second-order valence-electron chi connectivity index (χ2n) is 10.2. The number of ketones is 1. The fourth-order valence-corrected chi connectivity index (χ4v) is 5.54. The standard InChI is InChI=1S/C28H33N3O3S/c1-28(2,3)24(32)18-35-27-30-23-16-20(25(33)29-17-19-10-6-4-7-11-19)14-15-22(23)26(34)31(27)21-12-8-5-9-13-21/h4,6-7,10-11,14-16,21H,5,8-9,12-13,17-18H2,1-3H3,(H,29,33). The Bertz CT molecular complexity index is 1270. The summed E-state index contributed by atoms with van der Waals surface area (Å²) in [5, 5.41) is 3.99. The third-order valence-electron chi connectivity index (χ3n) is 6.54. The third-order valence-corrected chi connectivity index (χ3v) is 7.49. The van der Waals surface area contributed by atoms with Crippen LogP contribution in [0.15, 0.2) is 58.5 Å². The number of aromatic nitrogens is 2. The van der Waals surface area contributed by atoms with Crippen molar-refractivity contribution >= 4 is 34.4 Å². The highest BCUT2D eigenvalue weighted by atomic mass is 32.2. The van der Waals surface area contributed by atoms with Crippen molar-refractivity contribution in [2.75, 3.05) is 5.75 Å². The van der Waals surface area contributed by atoms with Gasteiger partial charge in [-0.15, -0.1) is 0 Å². The maximum absolute atomic E-state index is 13.6. The smallest absolute Gasteiger partial charge is 0.262 e. The van der Waals surface area contributed by atoms with Gasteiger partial charge in [-0.2, -0.15) is 0 Å². The van der Waals surface area contributed by atoms with Crippen LogP contribution in [0.1, 0.15) is 74.8 Å². The van der Waals surface area contributed by atoms with Gasteiger partial charge in [0.25, 0.3) is 11.5 Å². The molecule has 1 aliphatic carbocycles. The van der Waals surface area contributed by atoms with Crippen molar-refractivity contribution in [2.24, 2.45) is 5.41 Å². The van der Waals surface area contributed by atoms with Gasteiger partial charge in [0, 0.05) is 23.6 Å². The van der Waals surface area contributed by atoms with E-state index in [4.69, 9.17) is 4.98 Å². The van der Waals surface area contributed by atoms with E-state index in [0.29, 0.717) is 28.2 Å². The normalized spacial score (nSPS) is 14.7. The summed E-state index contributed by atoms with van der Waals surface area (Å²) >= 11 is 1.33. The van der Waals surface area contributed by atoms with Crippen molar-refractivity contribution in [2.45, 2.75) is 70.6 Å². The molecule has 7 heteroatoms. The average Bonchev–Trinajstić information content (AvgIpc) is 2.86. The predicted molar refractivity (Wildman–Crippen MR) is 141 cm³/mol. The molecule has 1 heterocycles. The highest BCUT2D eigenvalue weighted by Gasteiger charge is 2.25. The van der Waals surface area contributed by atoms with E-state index in [-0.39, 0.29) is 29.0 Å². The molecule has 0 spiro atoms. The van der Waals surface area contributed by atoms with Crippen LogP contribution < -0.4 is 10.9 Å². The van der Waals surface area contributed by atoms with Crippen LogP contribution in [0.2, 0.25) is 0 Å². The van der Waals surface area contributed by atoms with Crippen molar-refractivity contribution in [1.29, 1.82) is 0 Å². The molecule has 1 aromatic heterocycles. The van der Waals surface area contributed by atoms with E-state index in [1.165, 1.54) is 18.2 Å². The first-order valence-electron chi connectivity index (χ1n) is 12.3. The zero-order valence-corrected chi connectivity index (χ0v) is 21.5. The molecule has 1 saturated carbocycles. The Hall–Kier alpha value is -2.93. The lowest BCUT2D eigenvalue weighted by molar-refractivity contribution is -0.123. The molecule has 3 aromatic rings. The number of hydrogen-bond donors (Lipinski definition) is 1. The summed E-state index contributed by atoms with van der Waals surface area (Å²) in [7, 11) is 0. The van der Waals surface area contributed by atoms with Gasteiger partial charge >= 0.3 is 0 Å². The minimum Gasteiger partial charge on any atom is -0.348 e. The number of amides is 1. The van der Waals surface area contributed by atoms with Gasteiger partial charge in [-0.1, -0.05) is 82.1 Å². The first-order chi connectivity index (χ1) is 16.7. The minimum absolute atomic E-state index is 0.0919. The summed E-state index contributed by atoms with van der Waals surface area (Å²) in [6.07, 6.45) is 5.22. The first kappa shape index (κ1) is 25.2. The van der Waals surface area contributed by atoms with Crippen LogP contribution in [0.4, 0.5) is 0 Å². The number of nitrogens with zero attached hydrogens (tertiary/aromatic N) is 2. The fourth-order valence-electron chi connectivity index (χ4n) is 4.31. The molecule has 0 saturated heterocycles. The second-order valence-corrected chi connectivity index (χ2v) is 11.2. The van der Waals surface area contributed by atoms with E-state index in [1.807, 2.05) is 51.1 Å². The van der Waals surface area contributed by atoms with Crippen molar-refractivity contribution < 1.29 is 9.59 Å². The average molecular weight is 492 g/mol. The van der Waals surface area contributed by atoms with Crippen LogP contribution in [0, 0.1) is 5.41 Å². The molecule has 1 fully saturated rings. The highest BCUT2D eigenvalue weighted by Crippen LogP contribution is 2.32. The van der Waals surface area contributed by atoms with Crippen LogP contribution in [0.25, 0.3) is 10.9 Å². The number of thioether (sulfide) groups is 1. The van der Waals surface area contributed by atoms with Crippen LogP contribution in [-0.2, 0) is 11.3 Å². The van der Waals surface area contributed by atoms with Gasteiger partial charge < -0.3 is 5.32 Å². The number of benzene rings is 2. The van der Waals surface area contributed by atoms with E-state index in [0.717, 1.165) is 31.2 Å². The predicted octanol–water partition coefficient (Wildman–Crippen LogP) is 5.54. The van der Waals surface area contributed by atoms with Crippen LogP contribution >= 0.6 is 11.8 Å². The zero-order chi connectivity index (χ0) is 25.0. The van der Waals surface area contributed by atoms with Crippen LogP contribution in [0.5, 0.6) is 0 Å². The Morgan fingerprint density at radius 3 is 2.46 bits per heavy atom. The number of rotatable bonds is 7. The summed E-state index contributed by atoms with van der Waals surface area (Å²) in [6.45, 7) is 6.12. The largest absolute Gasteiger partial charge is 0.348 e. The molecule has 0 atom stereocenters. The van der Waals surface area contributed by atoms with Gasteiger partial charge in [-0.3, -0.25) is 19.0 Å². The van der Waals surface area contributed by atoms with Crippen molar-refractivity contribution in [1.82, 2.24) is 14.9 Å². The van der Waals surface area contributed by atoms with Crippen molar-refractivity contribution in [3.8, 4) is 0 Å². The molecule has 0 unspecified atom stereocenters. The van der Waals surface area contributed by atoms with Gasteiger partial charge in [0.1, 0.15) is 5.78 Å². The molecule has 1 amide bonds. The van der Waals surface area contributed by atoms with Crippen LogP contribution in [-0.4, -0.2) is 27.0 Å². The molecule has 35 heavy (non-hydrogen) atoms. The van der Waals surface area contributed by atoms with E-state index in [9.17, 15) is 14.4 Å². The summed E-state index contributed by atoms with van der Waals surface area (Å²) < 4.78 is 1.80. The summed E-state index contributed by atoms with van der Waals surface area (Å²) in [5.74, 6) is 0.151. The van der Waals surface area contributed by atoms with Crippen molar-refractivity contribution in [3.63, 3.8) is 0 Å². The molecular weight excluding hydrogens is 458 g/mol. The van der Waals surface area contributed by atoms with Gasteiger partial charge in [0.15, 0.2) is 5.16 Å². The van der Waals surface area contributed by atoms with E-state index in [2.05, 4.69) is 5.32 Å². The van der Waals surface area contributed by atoms with Gasteiger partial charge in [0.05, 0.1) is 16.7 Å². The zero-order valence-electron chi connectivity index (χ0n) is 20.7. The molecule has 184 valence electrons. The minimum atomic E-state index is -0.455. The molecule has 0 bridgehead atoms. The SMILES string of the molecule is CC(C)(C)C(=O)CSc1nc2cc(C(=O)NCc3ccccc3)ccc2c(=O)n1C1CCCCC1. The first-order valence-corrected chi connectivity index (χ1v) is 13.3. The molecule has 2 aromatic carbocycles. The monoisotopic (exact) mass is 491 g/mol. The molecule has 6 nitrogen and oxygen atoms in total. The number of fused-ring (bicyclic) bond motifs is 1. The Morgan fingerprint density at radius 2 is 1.77 bits per heavy atom. The number of nitrogens with one attached hydrogen (secondary N) is 1. The second kappa shape index (κ2) is 10.8. The molecular formula is C28H33N3O3S. The van der Waals surface area contributed by atoms with E-state index in [1.54, 1.807) is 22.8 Å². The number of Topliss-reactive ketones (excluding diaryl/α,β-unsaturated/α-hetero) is 1. The number of hydrogen-bond acceptors (Lipinski definition) is 5. The van der Waals surface area contributed by atoms with Crippen molar-refractivity contribution in [3.05, 3.63) is 70.0 Å².